The summed E-state index contributed by atoms with van der Waals surface area (Å²) in [6, 6.07) is 13.2. The molecular formula is C17H18ClNOS. The first-order valence-electron chi connectivity index (χ1n) is 6.65. The highest BCUT2D eigenvalue weighted by atomic mass is 35.5. The molecule has 0 aliphatic carbocycles. The number of benzene rings is 2. The van der Waals surface area contributed by atoms with E-state index in [0.29, 0.717) is 16.3 Å². The molecule has 2 aromatic carbocycles. The Balaban J connectivity index is 2.30. The lowest BCUT2D eigenvalue weighted by atomic mass is 9.87. The molecule has 0 radical (unpaired) electrons. The van der Waals surface area contributed by atoms with Crippen LogP contribution in [0.1, 0.15) is 31.9 Å². The van der Waals surface area contributed by atoms with E-state index in [0.717, 1.165) is 5.75 Å². The summed E-state index contributed by atoms with van der Waals surface area (Å²) in [5, 5.41) is 0.580. The third-order valence-corrected chi connectivity index (χ3v) is 3.61. The van der Waals surface area contributed by atoms with Gasteiger partial charge in [-0.15, -0.1) is 0 Å². The van der Waals surface area contributed by atoms with Crippen molar-refractivity contribution in [1.82, 2.24) is 0 Å². The fraction of sp³-hybridized carbons (Fsp3) is 0.235. The maximum absolute atomic E-state index is 6.01. The molecule has 2 aromatic rings. The molecule has 0 atom stereocenters. The van der Waals surface area contributed by atoms with Crippen LogP contribution >= 0.6 is 23.8 Å². The van der Waals surface area contributed by atoms with Crippen molar-refractivity contribution in [2.75, 3.05) is 0 Å². The zero-order chi connectivity index (χ0) is 15.6. The van der Waals surface area contributed by atoms with Crippen molar-refractivity contribution in [2.24, 2.45) is 5.73 Å². The second-order valence-electron chi connectivity index (χ2n) is 5.88. The molecule has 2 N–H and O–H groups in total. The van der Waals surface area contributed by atoms with Gasteiger partial charge >= 0.3 is 0 Å². The van der Waals surface area contributed by atoms with Gasteiger partial charge in [-0.1, -0.05) is 56.7 Å². The Kier molecular flexibility index (Phi) is 4.55. The van der Waals surface area contributed by atoms with E-state index in [4.69, 9.17) is 34.3 Å². The molecule has 0 aliphatic rings. The van der Waals surface area contributed by atoms with Crippen molar-refractivity contribution >= 4 is 28.8 Å². The van der Waals surface area contributed by atoms with Crippen LogP contribution in [0.2, 0.25) is 5.02 Å². The lowest BCUT2D eigenvalue weighted by Gasteiger charge is -2.19. The molecule has 2 rings (SSSR count). The van der Waals surface area contributed by atoms with Crippen LogP contribution in [0.25, 0.3) is 0 Å². The van der Waals surface area contributed by atoms with Crippen LogP contribution < -0.4 is 10.5 Å². The predicted molar refractivity (Wildman–Crippen MR) is 92.6 cm³/mol. The standard InChI is InChI=1S/C17H18ClNOS/c1-17(2,3)11-4-7-13(8-5-11)20-15-10-12(18)6-9-14(15)16(19)21/h4-10H,1-3H3,(H2,19,21). The highest BCUT2D eigenvalue weighted by Gasteiger charge is 2.14. The van der Waals surface area contributed by atoms with Gasteiger partial charge in [0.1, 0.15) is 16.5 Å². The summed E-state index contributed by atoms with van der Waals surface area (Å²) in [5.41, 5.74) is 7.74. The lowest BCUT2D eigenvalue weighted by molar-refractivity contribution is 0.480. The molecule has 0 fully saturated rings. The Hall–Kier alpha value is -1.58. The molecule has 0 spiro atoms. The van der Waals surface area contributed by atoms with E-state index in [1.54, 1.807) is 18.2 Å². The molecular weight excluding hydrogens is 302 g/mol. The number of rotatable bonds is 3. The number of thiocarbonyl (C=S) groups is 1. The predicted octanol–water partition coefficient (Wildman–Crippen LogP) is 5.06. The molecule has 0 unspecified atom stereocenters. The number of halogens is 1. The normalized spacial score (nSPS) is 11.2. The summed E-state index contributed by atoms with van der Waals surface area (Å²) >= 11 is 11.0. The monoisotopic (exact) mass is 319 g/mol. The maximum Gasteiger partial charge on any atom is 0.139 e. The Morgan fingerprint density at radius 2 is 1.71 bits per heavy atom. The van der Waals surface area contributed by atoms with Crippen LogP contribution in [0.3, 0.4) is 0 Å². The molecule has 0 saturated carbocycles. The van der Waals surface area contributed by atoms with Gasteiger partial charge in [-0.05, 0) is 35.2 Å². The zero-order valence-corrected chi connectivity index (χ0v) is 13.9. The second kappa shape index (κ2) is 6.04. The Labute approximate surface area is 135 Å². The first kappa shape index (κ1) is 15.8. The average Bonchev–Trinajstić information content (AvgIpc) is 2.38. The van der Waals surface area contributed by atoms with Gasteiger partial charge in [0, 0.05) is 11.1 Å². The molecule has 0 heterocycles. The quantitative estimate of drug-likeness (QED) is 0.803. The average molecular weight is 320 g/mol. The van der Waals surface area contributed by atoms with Crippen LogP contribution in [0.5, 0.6) is 11.5 Å². The minimum atomic E-state index is 0.110. The van der Waals surface area contributed by atoms with Crippen molar-refractivity contribution in [1.29, 1.82) is 0 Å². The Morgan fingerprint density at radius 3 is 2.24 bits per heavy atom. The summed E-state index contributed by atoms with van der Waals surface area (Å²) < 4.78 is 5.87. The van der Waals surface area contributed by atoms with Crippen LogP contribution in [0.4, 0.5) is 0 Å². The smallest absolute Gasteiger partial charge is 0.139 e. The summed E-state index contributed by atoms with van der Waals surface area (Å²) in [6.45, 7) is 6.51. The lowest BCUT2D eigenvalue weighted by Crippen LogP contribution is -2.11. The van der Waals surface area contributed by atoms with Crippen LogP contribution in [-0.4, -0.2) is 4.99 Å². The van der Waals surface area contributed by atoms with Gasteiger partial charge in [-0.3, -0.25) is 0 Å². The van der Waals surface area contributed by atoms with E-state index in [1.165, 1.54) is 5.56 Å². The molecule has 110 valence electrons. The highest BCUT2D eigenvalue weighted by molar-refractivity contribution is 7.80. The number of hydrogen-bond acceptors (Lipinski definition) is 2. The van der Waals surface area contributed by atoms with Gasteiger partial charge in [0.2, 0.25) is 0 Å². The summed E-state index contributed by atoms with van der Waals surface area (Å²) in [5.74, 6) is 1.29. The number of hydrogen-bond donors (Lipinski definition) is 1. The van der Waals surface area contributed by atoms with Crippen molar-refractivity contribution in [3.63, 3.8) is 0 Å². The summed E-state index contributed by atoms with van der Waals surface area (Å²) in [6.07, 6.45) is 0. The zero-order valence-electron chi connectivity index (χ0n) is 12.3. The summed E-state index contributed by atoms with van der Waals surface area (Å²) in [7, 11) is 0. The van der Waals surface area contributed by atoms with Gasteiger partial charge < -0.3 is 10.5 Å². The first-order valence-corrected chi connectivity index (χ1v) is 7.44. The minimum absolute atomic E-state index is 0.110. The van der Waals surface area contributed by atoms with E-state index in [9.17, 15) is 0 Å². The second-order valence-corrected chi connectivity index (χ2v) is 6.76. The van der Waals surface area contributed by atoms with Gasteiger partial charge in [-0.25, -0.2) is 0 Å². The molecule has 0 saturated heterocycles. The topological polar surface area (TPSA) is 35.2 Å². The molecule has 21 heavy (non-hydrogen) atoms. The largest absolute Gasteiger partial charge is 0.457 e. The fourth-order valence-corrected chi connectivity index (χ4v) is 2.26. The van der Waals surface area contributed by atoms with E-state index < -0.39 is 0 Å². The fourth-order valence-electron chi connectivity index (χ4n) is 1.93. The van der Waals surface area contributed by atoms with Crippen molar-refractivity contribution in [2.45, 2.75) is 26.2 Å². The van der Waals surface area contributed by atoms with E-state index in [2.05, 4.69) is 32.9 Å². The van der Waals surface area contributed by atoms with Gasteiger partial charge in [-0.2, -0.15) is 0 Å². The van der Waals surface area contributed by atoms with E-state index >= 15 is 0 Å². The molecule has 0 bridgehead atoms. The number of ether oxygens (including phenoxy) is 1. The molecule has 0 aliphatic heterocycles. The van der Waals surface area contributed by atoms with Crippen LogP contribution in [-0.2, 0) is 5.41 Å². The Bertz CT molecular complexity index is 659. The van der Waals surface area contributed by atoms with Crippen LogP contribution in [0.15, 0.2) is 42.5 Å². The molecule has 0 aromatic heterocycles. The van der Waals surface area contributed by atoms with Crippen molar-refractivity contribution in [3.8, 4) is 11.5 Å². The molecule has 0 amide bonds. The maximum atomic E-state index is 6.01. The highest BCUT2D eigenvalue weighted by Crippen LogP contribution is 2.30. The summed E-state index contributed by atoms with van der Waals surface area (Å²) in [4.78, 5) is 0.285. The van der Waals surface area contributed by atoms with Crippen LogP contribution in [0, 0.1) is 0 Å². The molecule has 4 heteroatoms. The van der Waals surface area contributed by atoms with Gasteiger partial charge in [0.05, 0.1) is 5.56 Å². The molecule has 2 nitrogen and oxygen atoms in total. The van der Waals surface area contributed by atoms with Crippen molar-refractivity contribution in [3.05, 3.63) is 58.6 Å². The number of nitrogens with two attached hydrogens (primary N) is 1. The first-order chi connectivity index (χ1) is 9.77. The third-order valence-electron chi connectivity index (χ3n) is 3.16. The van der Waals surface area contributed by atoms with E-state index in [-0.39, 0.29) is 10.4 Å². The SMILES string of the molecule is CC(C)(C)c1ccc(Oc2cc(Cl)ccc2C(N)=S)cc1. The van der Waals surface area contributed by atoms with E-state index in [1.807, 2.05) is 12.1 Å². The Morgan fingerprint density at radius 1 is 1.10 bits per heavy atom. The van der Waals surface area contributed by atoms with Gasteiger partial charge in [0.25, 0.3) is 0 Å². The third kappa shape index (κ3) is 3.96. The van der Waals surface area contributed by atoms with Crippen molar-refractivity contribution < 1.29 is 4.74 Å². The van der Waals surface area contributed by atoms with Gasteiger partial charge in [0.15, 0.2) is 0 Å². The minimum Gasteiger partial charge on any atom is -0.457 e.